The van der Waals surface area contributed by atoms with Crippen molar-refractivity contribution in [3.05, 3.63) is 75.6 Å². The highest BCUT2D eigenvalue weighted by Gasteiger charge is 2.37. The summed E-state index contributed by atoms with van der Waals surface area (Å²) in [5.74, 6) is -1.86. The van der Waals surface area contributed by atoms with Gasteiger partial charge < -0.3 is 14.0 Å². The lowest BCUT2D eigenvalue weighted by Crippen LogP contribution is -2.38. The molecule has 0 saturated heterocycles. The minimum Gasteiger partial charge on any atom is -0.447 e. The quantitative estimate of drug-likeness (QED) is 0.204. The van der Waals surface area contributed by atoms with Crippen molar-refractivity contribution in [2.45, 2.75) is 32.1 Å². The van der Waals surface area contributed by atoms with Crippen LogP contribution in [-0.4, -0.2) is 52.2 Å². The topological polar surface area (TPSA) is 125 Å². The summed E-state index contributed by atoms with van der Waals surface area (Å²) >= 11 is 0. The van der Waals surface area contributed by atoms with Crippen LogP contribution in [0.1, 0.15) is 30.0 Å². The lowest BCUT2D eigenvalue weighted by atomic mass is 9.92. The van der Waals surface area contributed by atoms with Crippen molar-refractivity contribution < 1.29 is 28.7 Å². The van der Waals surface area contributed by atoms with Crippen LogP contribution in [-0.2, 0) is 47.4 Å². The first kappa shape index (κ1) is 24.3. The number of hydrogen-bond donors (Lipinski definition) is 0. The van der Waals surface area contributed by atoms with Gasteiger partial charge in [0, 0.05) is 42.3 Å². The van der Waals surface area contributed by atoms with E-state index in [4.69, 9.17) is 14.5 Å². The van der Waals surface area contributed by atoms with Gasteiger partial charge in [-0.1, -0.05) is 18.2 Å². The first-order chi connectivity index (χ1) is 17.8. The number of carbonyl (C=O) groups is 4. The Balaban J connectivity index is 1.52. The Bertz CT molecular complexity index is 1550. The van der Waals surface area contributed by atoms with E-state index in [-0.39, 0.29) is 36.3 Å². The van der Waals surface area contributed by atoms with Crippen LogP contribution in [0.3, 0.4) is 0 Å². The molecule has 5 rings (SSSR count). The van der Waals surface area contributed by atoms with Crippen molar-refractivity contribution in [1.82, 2.24) is 14.5 Å². The SMILES string of the molecule is COCc1c([C@@](C)(C=O)OC(=O)CCN2C(=O)C=CC2=O)cc2n(c1=O)Cc1cc3ccccc3nc1-2. The van der Waals surface area contributed by atoms with E-state index >= 15 is 0 Å². The molecule has 188 valence electrons. The fourth-order valence-corrected chi connectivity index (χ4v) is 4.73. The number of aromatic nitrogens is 2. The second-order valence-electron chi connectivity index (χ2n) is 9.05. The van der Waals surface area contributed by atoms with Crippen molar-refractivity contribution in [3.63, 3.8) is 0 Å². The van der Waals surface area contributed by atoms with Gasteiger partial charge in [0.2, 0.25) is 0 Å². The molecule has 2 amide bonds. The average Bonchev–Trinajstić information content (AvgIpc) is 3.41. The molecule has 0 fully saturated rings. The average molecular weight is 501 g/mol. The minimum atomic E-state index is -1.82. The first-order valence-corrected chi connectivity index (χ1v) is 11.6. The van der Waals surface area contributed by atoms with Gasteiger partial charge in [-0.25, -0.2) is 4.98 Å². The molecule has 37 heavy (non-hydrogen) atoms. The highest BCUT2D eigenvalue weighted by molar-refractivity contribution is 6.13. The summed E-state index contributed by atoms with van der Waals surface area (Å²) in [6.07, 6.45) is 2.37. The van der Waals surface area contributed by atoms with E-state index in [1.165, 1.54) is 14.0 Å². The summed E-state index contributed by atoms with van der Waals surface area (Å²) in [7, 11) is 1.42. The number of esters is 1. The number of hydrogen-bond acceptors (Lipinski definition) is 8. The number of pyridine rings is 2. The van der Waals surface area contributed by atoms with Crippen LogP contribution in [0, 0.1) is 0 Å². The van der Waals surface area contributed by atoms with Gasteiger partial charge in [0.05, 0.1) is 42.0 Å². The molecular weight excluding hydrogens is 478 g/mol. The standard InChI is InChI=1S/C27H23N3O7/c1-27(15-31,37-24(34)9-10-29-22(32)7-8-23(29)33)19-12-21-25-17(11-16-5-3-4-6-20(16)28-25)13-30(21)26(35)18(19)14-36-2/h3-8,11-12,15H,9-10,13-14H2,1-2H3/t27-/m1/s1. The lowest BCUT2D eigenvalue weighted by molar-refractivity contribution is -0.163. The summed E-state index contributed by atoms with van der Waals surface area (Å²) in [5.41, 5.74) is 0.899. The second kappa shape index (κ2) is 9.21. The molecule has 10 nitrogen and oxygen atoms in total. The van der Waals surface area contributed by atoms with E-state index in [1.54, 1.807) is 10.6 Å². The number of fused-ring (bicyclic) bond motifs is 4. The van der Waals surface area contributed by atoms with Gasteiger partial charge in [-0.05, 0) is 25.1 Å². The summed E-state index contributed by atoms with van der Waals surface area (Å²) in [6, 6.07) is 11.2. The molecule has 2 aliphatic rings. The van der Waals surface area contributed by atoms with Gasteiger partial charge in [-0.15, -0.1) is 0 Å². The molecule has 0 aliphatic carbocycles. The van der Waals surface area contributed by atoms with Crippen molar-refractivity contribution in [1.29, 1.82) is 0 Å². The van der Waals surface area contributed by atoms with Crippen molar-refractivity contribution in [3.8, 4) is 11.4 Å². The van der Waals surface area contributed by atoms with Gasteiger partial charge in [0.25, 0.3) is 17.4 Å². The van der Waals surface area contributed by atoms with E-state index in [1.807, 2.05) is 30.3 Å². The second-order valence-corrected chi connectivity index (χ2v) is 9.05. The molecule has 0 spiro atoms. The number of carbonyl (C=O) groups excluding carboxylic acids is 4. The number of nitrogens with zero attached hydrogens (tertiary/aromatic N) is 3. The molecule has 0 saturated carbocycles. The number of methoxy groups -OCH3 is 1. The number of aldehydes is 1. The Morgan fingerprint density at radius 2 is 1.86 bits per heavy atom. The molecule has 0 radical (unpaired) electrons. The number of imide groups is 1. The van der Waals surface area contributed by atoms with Gasteiger partial charge in [-0.3, -0.25) is 28.9 Å². The fraction of sp³-hybridized carbons (Fsp3) is 0.259. The van der Waals surface area contributed by atoms with Crippen molar-refractivity contribution in [2.24, 2.45) is 0 Å². The Hall–Kier alpha value is -4.44. The third-order valence-electron chi connectivity index (χ3n) is 6.59. The smallest absolute Gasteiger partial charge is 0.308 e. The van der Waals surface area contributed by atoms with Gasteiger partial charge in [0.1, 0.15) is 0 Å². The minimum absolute atomic E-state index is 0.108. The normalized spacial score (nSPS) is 15.6. The largest absolute Gasteiger partial charge is 0.447 e. The molecule has 2 aromatic heterocycles. The number of para-hydroxylation sites is 1. The van der Waals surface area contributed by atoms with E-state index in [2.05, 4.69) is 0 Å². The van der Waals surface area contributed by atoms with E-state index in [0.717, 1.165) is 33.5 Å². The maximum atomic E-state index is 13.6. The maximum Gasteiger partial charge on any atom is 0.308 e. The number of ether oxygens (including phenoxy) is 2. The molecule has 0 bridgehead atoms. The Morgan fingerprint density at radius 1 is 1.14 bits per heavy atom. The molecule has 0 N–H and O–H groups in total. The van der Waals surface area contributed by atoms with Crippen LogP contribution in [0.15, 0.2) is 53.3 Å². The van der Waals surface area contributed by atoms with Crippen LogP contribution < -0.4 is 5.56 Å². The first-order valence-electron chi connectivity index (χ1n) is 11.6. The van der Waals surface area contributed by atoms with E-state index < -0.39 is 23.4 Å². The monoisotopic (exact) mass is 501 g/mol. The van der Waals surface area contributed by atoms with Crippen molar-refractivity contribution in [2.75, 3.05) is 13.7 Å². The Kier molecular flexibility index (Phi) is 6.04. The van der Waals surface area contributed by atoms with E-state index in [9.17, 15) is 24.0 Å². The third-order valence-corrected chi connectivity index (χ3v) is 6.59. The maximum absolute atomic E-state index is 13.6. The molecule has 0 unspecified atom stereocenters. The highest BCUT2D eigenvalue weighted by atomic mass is 16.6. The molecular formula is C27H23N3O7. The molecule has 3 aromatic rings. The van der Waals surface area contributed by atoms with Crippen LogP contribution in [0.25, 0.3) is 22.3 Å². The summed E-state index contributed by atoms with van der Waals surface area (Å²) in [6.45, 7) is 1.40. The Morgan fingerprint density at radius 3 is 2.57 bits per heavy atom. The molecule has 1 aromatic carbocycles. The summed E-state index contributed by atoms with van der Waals surface area (Å²) in [5, 5.41) is 0.941. The molecule has 1 atom stereocenters. The van der Waals surface area contributed by atoms with Gasteiger partial charge in [-0.2, -0.15) is 0 Å². The summed E-state index contributed by atoms with van der Waals surface area (Å²) < 4.78 is 12.4. The van der Waals surface area contributed by atoms with Crippen molar-refractivity contribution >= 4 is 35.0 Å². The third kappa shape index (κ3) is 4.15. The zero-order valence-corrected chi connectivity index (χ0v) is 20.2. The lowest BCUT2D eigenvalue weighted by Gasteiger charge is -2.27. The fourth-order valence-electron chi connectivity index (χ4n) is 4.73. The van der Waals surface area contributed by atoms with Crippen LogP contribution in [0.4, 0.5) is 0 Å². The molecule has 2 aliphatic heterocycles. The number of benzene rings is 1. The highest BCUT2D eigenvalue weighted by Crippen LogP contribution is 2.36. The van der Waals surface area contributed by atoms with Crippen LogP contribution in [0.2, 0.25) is 0 Å². The van der Waals surface area contributed by atoms with Gasteiger partial charge in [0.15, 0.2) is 11.9 Å². The molecule has 10 heteroatoms. The van der Waals surface area contributed by atoms with E-state index in [0.29, 0.717) is 24.2 Å². The zero-order valence-electron chi connectivity index (χ0n) is 20.2. The van der Waals surface area contributed by atoms with Crippen LogP contribution >= 0.6 is 0 Å². The summed E-state index contributed by atoms with van der Waals surface area (Å²) in [4.78, 5) is 67.8. The Labute approximate surface area is 211 Å². The van der Waals surface area contributed by atoms with Gasteiger partial charge >= 0.3 is 5.97 Å². The number of rotatable bonds is 8. The number of amides is 2. The predicted octanol–water partition coefficient (Wildman–Crippen LogP) is 1.84. The predicted molar refractivity (Wildman–Crippen MR) is 131 cm³/mol. The zero-order chi connectivity index (χ0) is 26.3. The van der Waals surface area contributed by atoms with Crippen LogP contribution in [0.5, 0.6) is 0 Å². The molecule has 4 heterocycles.